The first kappa shape index (κ1) is 13.6. The van der Waals surface area contributed by atoms with Crippen LogP contribution in [-0.4, -0.2) is 42.6 Å². The molecule has 2 N–H and O–H groups in total. The maximum atomic E-state index is 6.40. The van der Waals surface area contributed by atoms with Gasteiger partial charge in [-0.15, -0.1) is 0 Å². The maximum absolute atomic E-state index is 6.40. The molecule has 1 aromatic heterocycles. The van der Waals surface area contributed by atoms with Gasteiger partial charge in [-0.2, -0.15) is 0 Å². The van der Waals surface area contributed by atoms with Crippen molar-refractivity contribution < 1.29 is 0 Å². The van der Waals surface area contributed by atoms with Crippen LogP contribution in [0.2, 0.25) is 5.02 Å². The topological polar surface area (TPSA) is 45.4 Å². The smallest absolute Gasteiger partial charge is 0.147 e. The Kier molecular flexibility index (Phi) is 4.43. The second kappa shape index (κ2) is 5.87. The first-order valence-electron chi connectivity index (χ1n) is 6.42. The summed E-state index contributed by atoms with van der Waals surface area (Å²) in [4.78, 5) is 9.10. The highest BCUT2D eigenvalue weighted by molar-refractivity contribution is 6.33. The van der Waals surface area contributed by atoms with Crippen LogP contribution in [-0.2, 0) is 6.54 Å². The van der Waals surface area contributed by atoms with Crippen LogP contribution in [0, 0.1) is 0 Å². The van der Waals surface area contributed by atoms with Gasteiger partial charge in [0.25, 0.3) is 0 Å². The molecule has 1 atom stereocenters. The number of pyridine rings is 1. The lowest BCUT2D eigenvalue weighted by atomic mass is 10.2. The normalized spacial score (nSPS) is 22.0. The second-order valence-electron chi connectivity index (χ2n) is 4.97. The van der Waals surface area contributed by atoms with Gasteiger partial charge in [0.2, 0.25) is 0 Å². The lowest BCUT2D eigenvalue weighted by molar-refractivity contribution is 0.337. The number of likely N-dealkylation sites (N-methyl/N-ethyl adjacent to an activating group) is 1. The van der Waals surface area contributed by atoms with Gasteiger partial charge < -0.3 is 15.5 Å². The monoisotopic (exact) mass is 268 g/mol. The summed E-state index contributed by atoms with van der Waals surface area (Å²) in [5, 5.41) is 0.705. The molecule has 5 heteroatoms. The van der Waals surface area contributed by atoms with E-state index in [1.807, 2.05) is 6.07 Å². The van der Waals surface area contributed by atoms with Crippen LogP contribution in [0.15, 0.2) is 12.3 Å². The summed E-state index contributed by atoms with van der Waals surface area (Å²) in [6.07, 6.45) is 2.93. The molecule has 1 aliphatic heterocycles. The van der Waals surface area contributed by atoms with E-state index < -0.39 is 0 Å². The minimum atomic E-state index is 0.413. The molecule has 1 fully saturated rings. The SMILES string of the molecule is CC1CN(C)CCCN1c1nccc(CN)c1Cl. The molecule has 1 aliphatic rings. The Bertz CT molecular complexity index is 410. The molecule has 18 heavy (non-hydrogen) atoms. The molecule has 0 aliphatic carbocycles. The molecule has 2 rings (SSSR count). The van der Waals surface area contributed by atoms with Crippen molar-refractivity contribution in [3.8, 4) is 0 Å². The highest BCUT2D eigenvalue weighted by Crippen LogP contribution is 2.29. The van der Waals surface area contributed by atoms with E-state index in [1.165, 1.54) is 0 Å². The first-order valence-corrected chi connectivity index (χ1v) is 6.80. The number of rotatable bonds is 2. The van der Waals surface area contributed by atoms with Crippen LogP contribution >= 0.6 is 11.6 Å². The fourth-order valence-electron chi connectivity index (χ4n) is 2.52. The van der Waals surface area contributed by atoms with Crippen LogP contribution in [0.3, 0.4) is 0 Å². The zero-order valence-corrected chi connectivity index (χ0v) is 11.8. The summed E-state index contributed by atoms with van der Waals surface area (Å²) in [6.45, 7) is 5.82. The Morgan fingerprint density at radius 1 is 1.50 bits per heavy atom. The number of nitrogens with zero attached hydrogens (tertiary/aromatic N) is 3. The molecular formula is C13H21ClN4. The first-order chi connectivity index (χ1) is 8.63. The molecule has 4 nitrogen and oxygen atoms in total. The number of aromatic nitrogens is 1. The maximum Gasteiger partial charge on any atom is 0.147 e. The Balaban J connectivity index is 2.29. The van der Waals surface area contributed by atoms with Gasteiger partial charge in [0.05, 0.1) is 5.02 Å². The second-order valence-corrected chi connectivity index (χ2v) is 5.35. The van der Waals surface area contributed by atoms with Gasteiger partial charge in [0.1, 0.15) is 5.82 Å². The third-order valence-corrected chi connectivity index (χ3v) is 3.90. The average Bonchev–Trinajstić information content (AvgIpc) is 2.51. The van der Waals surface area contributed by atoms with Crippen molar-refractivity contribution in [3.05, 3.63) is 22.8 Å². The van der Waals surface area contributed by atoms with Crippen LogP contribution in [0.1, 0.15) is 18.9 Å². The zero-order chi connectivity index (χ0) is 13.1. The van der Waals surface area contributed by atoms with Gasteiger partial charge in [-0.1, -0.05) is 11.6 Å². The fourth-order valence-corrected chi connectivity index (χ4v) is 2.81. The minimum Gasteiger partial charge on any atom is -0.351 e. The van der Waals surface area contributed by atoms with Gasteiger partial charge in [0.15, 0.2) is 0 Å². The highest BCUT2D eigenvalue weighted by Gasteiger charge is 2.23. The quantitative estimate of drug-likeness (QED) is 0.887. The lowest BCUT2D eigenvalue weighted by Crippen LogP contribution is -2.38. The zero-order valence-electron chi connectivity index (χ0n) is 11.1. The molecule has 0 aromatic carbocycles. The van der Waals surface area contributed by atoms with E-state index in [1.54, 1.807) is 6.20 Å². The summed E-state index contributed by atoms with van der Waals surface area (Å²) in [6, 6.07) is 2.30. The Morgan fingerprint density at radius 3 is 3.00 bits per heavy atom. The Morgan fingerprint density at radius 2 is 2.28 bits per heavy atom. The summed E-state index contributed by atoms with van der Waals surface area (Å²) >= 11 is 6.40. The highest BCUT2D eigenvalue weighted by atomic mass is 35.5. The summed E-state index contributed by atoms with van der Waals surface area (Å²) < 4.78 is 0. The van der Waals surface area contributed by atoms with E-state index in [4.69, 9.17) is 17.3 Å². The predicted molar refractivity (Wildman–Crippen MR) is 76.1 cm³/mol. The molecular weight excluding hydrogens is 248 g/mol. The van der Waals surface area contributed by atoms with Gasteiger partial charge in [-0.05, 0) is 38.6 Å². The van der Waals surface area contributed by atoms with Crippen molar-refractivity contribution in [1.82, 2.24) is 9.88 Å². The number of hydrogen-bond acceptors (Lipinski definition) is 4. The molecule has 0 amide bonds. The fraction of sp³-hybridized carbons (Fsp3) is 0.615. The third kappa shape index (κ3) is 2.76. The van der Waals surface area contributed by atoms with Gasteiger partial charge in [-0.25, -0.2) is 4.98 Å². The van der Waals surface area contributed by atoms with Crippen LogP contribution in [0.4, 0.5) is 5.82 Å². The van der Waals surface area contributed by atoms with E-state index in [9.17, 15) is 0 Å². The van der Waals surface area contributed by atoms with E-state index in [-0.39, 0.29) is 0 Å². The van der Waals surface area contributed by atoms with Crippen LogP contribution in [0.5, 0.6) is 0 Å². The summed E-state index contributed by atoms with van der Waals surface area (Å²) in [7, 11) is 2.16. The van der Waals surface area contributed by atoms with Crippen molar-refractivity contribution in [3.63, 3.8) is 0 Å². The molecule has 2 heterocycles. The molecule has 0 radical (unpaired) electrons. The molecule has 100 valence electrons. The predicted octanol–water partition coefficient (Wildman–Crippen LogP) is 1.72. The van der Waals surface area contributed by atoms with Crippen molar-refractivity contribution in [2.24, 2.45) is 5.73 Å². The number of anilines is 1. The van der Waals surface area contributed by atoms with Gasteiger partial charge in [-0.3, -0.25) is 0 Å². The van der Waals surface area contributed by atoms with E-state index in [0.29, 0.717) is 17.6 Å². The average molecular weight is 269 g/mol. The third-order valence-electron chi connectivity index (χ3n) is 3.49. The van der Waals surface area contributed by atoms with Crippen LogP contribution in [0.25, 0.3) is 0 Å². The van der Waals surface area contributed by atoms with E-state index in [0.717, 1.165) is 37.4 Å². The van der Waals surface area contributed by atoms with Gasteiger partial charge >= 0.3 is 0 Å². The van der Waals surface area contributed by atoms with Gasteiger partial charge in [0, 0.05) is 31.9 Å². The summed E-state index contributed by atoms with van der Waals surface area (Å²) in [5.41, 5.74) is 6.66. The Labute approximate surface area is 114 Å². The van der Waals surface area contributed by atoms with Crippen molar-refractivity contribution >= 4 is 17.4 Å². The number of halogens is 1. The number of hydrogen-bond donors (Lipinski definition) is 1. The largest absolute Gasteiger partial charge is 0.351 e. The molecule has 1 unspecified atom stereocenters. The molecule has 0 bridgehead atoms. The molecule has 0 saturated carbocycles. The molecule has 0 spiro atoms. The summed E-state index contributed by atoms with van der Waals surface area (Å²) in [5.74, 6) is 0.877. The van der Waals surface area contributed by atoms with E-state index in [2.05, 4.69) is 28.8 Å². The lowest BCUT2D eigenvalue weighted by Gasteiger charge is -2.30. The van der Waals surface area contributed by atoms with Crippen molar-refractivity contribution in [1.29, 1.82) is 0 Å². The Hall–Kier alpha value is -0.840. The van der Waals surface area contributed by atoms with Crippen molar-refractivity contribution in [2.45, 2.75) is 25.9 Å². The van der Waals surface area contributed by atoms with Crippen molar-refractivity contribution in [2.75, 3.05) is 31.6 Å². The van der Waals surface area contributed by atoms with E-state index >= 15 is 0 Å². The van der Waals surface area contributed by atoms with Crippen LogP contribution < -0.4 is 10.6 Å². The standard InChI is InChI=1S/C13H21ClN4/c1-10-9-17(2)6-3-7-18(10)13-12(14)11(8-15)4-5-16-13/h4-5,10H,3,6-9,15H2,1-2H3. The number of nitrogens with two attached hydrogens (primary N) is 1. The minimum absolute atomic E-state index is 0.413. The molecule has 1 aromatic rings. The molecule has 1 saturated heterocycles.